The van der Waals surface area contributed by atoms with Crippen LogP contribution in [0.3, 0.4) is 0 Å². The Bertz CT molecular complexity index is 967. The number of nitrogens with zero attached hydrogens (tertiary/aromatic N) is 2. The number of ether oxygens (including phenoxy) is 2. The van der Waals surface area contributed by atoms with Crippen LogP contribution in [-0.4, -0.2) is 50.2 Å². The summed E-state index contributed by atoms with van der Waals surface area (Å²) in [4.78, 5) is 12.5. The van der Waals surface area contributed by atoms with E-state index in [1.165, 1.54) is 4.31 Å². The molecule has 0 unspecified atom stereocenters. The Morgan fingerprint density at radius 3 is 2.33 bits per heavy atom. The Labute approximate surface area is 177 Å². The molecule has 0 aliphatic carbocycles. The van der Waals surface area contributed by atoms with E-state index in [0.717, 1.165) is 16.9 Å². The second-order valence-electron chi connectivity index (χ2n) is 7.57. The molecule has 0 amide bonds. The molecule has 0 bridgehead atoms. The van der Waals surface area contributed by atoms with Gasteiger partial charge in [-0.25, -0.2) is 8.42 Å². The molecule has 2 heterocycles. The minimum Gasteiger partial charge on any atom is -0.489 e. The van der Waals surface area contributed by atoms with Gasteiger partial charge in [0.2, 0.25) is 10.0 Å². The van der Waals surface area contributed by atoms with E-state index in [1.54, 1.807) is 13.8 Å². The number of piperidine rings is 1. The largest absolute Gasteiger partial charge is 0.489 e. The first-order valence-electron chi connectivity index (χ1n) is 10.0. The maximum atomic E-state index is 12.9. The lowest BCUT2D eigenvalue weighted by Crippen LogP contribution is -2.41. The Hall–Kier alpha value is -2.39. The van der Waals surface area contributed by atoms with E-state index in [-0.39, 0.29) is 48.8 Å². The third kappa shape index (κ3) is 4.67. The quantitative estimate of drug-likeness (QED) is 0.486. The van der Waals surface area contributed by atoms with Gasteiger partial charge < -0.3 is 14.0 Å². The van der Waals surface area contributed by atoms with Gasteiger partial charge in [0, 0.05) is 13.1 Å². The van der Waals surface area contributed by atoms with Gasteiger partial charge in [0.05, 0.1) is 5.92 Å². The van der Waals surface area contributed by atoms with Crippen LogP contribution in [0.2, 0.25) is 0 Å². The van der Waals surface area contributed by atoms with E-state index in [0.29, 0.717) is 18.5 Å². The van der Waals surface area contributed by atoms with Crippen LogP contribution in [0.15, 0.2) is 27.6 Å². The average Bonchev–Trinajstić information content (AvgIpc) is 3.05. The monoisotopic (exact) mass is 436 g/mol. The van der Waals surface area contributed by atoms with E-state index in [4.69, 9.17) is 14.0 Å². The standard InChI is InChI=1S/C21H28N2O6S/c1-14-6-5-7-15(2)19(14)27-12-13-28-21(24)18-8-10-23(11-9-18)30(25,26)20-16(3)22-29-17(20)4/h5-7,18H,8-13H2,1-4H3. The summed E-state index contributed by atoms with van der Waals surface area (Å²) in [6.45, 7) is 8.07. The van der Waals surface area contributed by atoms with Crippen LogP contribution in [0.1, 0.15) is 35.4 Å². The number of aryl methyl sites for hydroxylation is 4. The second-order valence-corrected chi connectivity index (χ2v) is 9.44. The number of para-hydroxylation sites is 1. The van der Waals surface area contributed by atoms with Gasteiger partial charge in [-0.15, -0.1) is 0 Å². The molecule has 9 heteroatoms. The highest BCUT2D eigenvalue weighted by Crippen LogP contribution is 2.28. The number of carbonyl (C=O) groups excluding carboxylic acids is 1. The third-order valence-electron chi connectivity index (χ3n) is 5.34. The molecule has 2 aromatic rings. The van der Waals surface area contributed by atoms with Crippen molar-refractivity contribution in [2.75, 3.05) is 26.3 Å². The summed E-state index contributed by atoms with van der Waals surface area (Å²) in [5.74, 6) is 0.458. The Balaban J connectivity index is 1.47. The third-order valence-corrected chi connectivity index (χ3v) is 7.48. The molecule has 0 radical (unpaired) electrons. The van der Waals surface area contributed by atoms with Crippen molar-refractivity contribution in [2.45, 2.75) is 45.4 Å². The summed E-state index contributed by atoms with van der Waals surface area (Å²) < 4.78 is 43.2. The van der Waals surface area contributed by atoms with Crippen LogP contribution in [0.5, 0.6) is 5.75 Å². The van der Waals surface area contributed by atoms with Crippen LogP contribution in [-0.2, 0) is 19.6 Å². The van der Waals surface area contributed by atoms with Crippen molar-refractivity contribution in [3.05, 3.63) is 40.8 Å². The molecule has 1 aliphatic rings. The van der Waals surface area contributed by atoms with E-state index in [2.05, 4.69) is 5.16 Å². The smallest absolute Gasteiger partial charge is 0.309 e. The minimum atomic E-state index is -3.68. The molecule has 1 saturated heterocycles. The predicted molar refractivity (Wildman–Crippen MR) is 110 cm³/mol. The first-order chi connectivity index (χ1) is 14.2. The summed E-state index contributed by atoms with van der Waals surface area (Å²) >= 11 is 0. The number of benzene rings is 1. The molecule has 164 valence electrons. The van der Waals surface area contributed by atoms with Crippen LogP contribution in [0.4, 0.5) is 0 Å². The zero-order valence-electron chi connectivity index (χ0n) is 17.8. The SMILES string of the molecule is Cc1cccc(C)c1OCCOC(=O)C1CCN(S(=O)(=O)c2c(C)noc2C)CC1. The highest BCUT2D eigenvalue weighted by Gasteiger charge is 2.35. The molecule has 3 rings (SSSR count). The Kier molecular flexibility index (Phi) is 6.82. The summed E-state index contributed by atoms with van der Waals surface area (Å²) in [5, 5.41) is 3.73. The van der Waals surface area contributed by atoms with E-state index in [1.807, 2.05) is 32.0 Å². The summed E-state index contributed by atoms with van der Waals surface area (Å²) in [7, 11) is -3.68. The van der Waals surface area contributed by atoms with E-state index >= 15 is 0 Å². The van der Waals surface area contributed by atoms with Gasteiger partial charge in [-0.05, 0) is 51.7 Å². The van der Waals surface area contributed by atoms with Crippen molar-refractivity contribution in [2.24, 2.45) is 5.92 Å². The number of carbonyl (C=O) groups is 1. The molecule has 0 N–H and O–H groups in total. The van der Waals surface area contributed by atoms with Crippen molar-refractivity contribution in [1.82, 2.24) is 9.46 Å². The molecular formula is C21H28N2O6S. The minimum absolute atomic E-state index is 0.118. The molecule has 8 nitrogen and oxygen atoms in total. The number of esters is 1. The number of hydrogen-bond donors (Lipinski definition) is 0. The molecular weight excluding hydrogens is 408 g/mol. The van der Waals surface area contributed by atoms with Crippen molar-refractivity contribution < 1.29 is 27.2 Å². The topological polar surface area (TPSA) is 98.9 Å². The summed E-state index contributed by atoms with van der Waals surface area (Å²) in [5.41, 5.74) is 2.42. The maximum absolute atomic E-state index is 12.9. The molecule has 30 heavy (non-hydrogen) atoms. The van der Waals surface area contributed by atoms with Crippen LogP contribution >= 0.6 is 0 Å². The molecule has 0 spiro atoms. The average molecular weight is 437 g/mol. The highest BCUT2D eigenvalue weighted by molar-refractivity contribution is 7.89. The lowest BCUT2D eigenvalue weighted by Gasteiger charge is -2.30. The highest BCUT2D eigenvalue weighted by atomic mass is 32.2. The van der Waals surface area contributed by atoms with Crippen molar-refractivity contribution in [1.29, 1.82) is 0 Å². The maximum Gasteiger partial charge on any atom is 0.309 e. The van der Waals surface area contributed by atoms with Crippen LogP contribution < -0.4 is 4.74 Å². The van der Waals surface area contributed by atoms with Gasteiger partial charge in [-0.3, -0.25) is 4.79 Å². The van der Waals surface area contributed by atoms with Crippen molar-refractivity contribution >= 4 is 16.0 Å². The second kappa shape index (κ2) is 9.18. The fourth-order valence-corrected chi connectivity index (χ4v) is 5.50. The normalized spacial score (nSPS) is 15.9. The molecule has 1 aliphatic heterocycles. The lowest BCUT2D eigenvalue weighted by atomic mass is 9.98. The van der Waals surface area contributed by atoms with Gasteiger partial charge in [-0.1, -0.05) is 23.4 Å². The van der Waals surface area contributed by atoms with Crippen LogP contribution in [0.25, 0.3) is 0 Å². The van der Waals surface area contributed by atoms with Gasteiger partial charge in [0.1, 0.15) is 29.6 Å². The summed E-state index contributed by atoms with van der Waals surface area (Å²) in [6.07, 6.45) is 0.832. The first-order valence-corrected chi connectivity index (χ1v) is 11.4. The molecule has 0 saturated carbocycles. The number of rotatable bonds is 7. The first kappa shape index (κ1) is 22.3. The lowest BCUT2D eigenvalue weighted by molar-refractivity contribution is -0.150. The molecule has 1 aromatic carbocycles. The fourth-order valence-electron chi connectivity index (χ4n) is 3.73. The molecule has 0 atom stereocenters. The summed E-state index contributed by atoms with van der Waals surface area (Å²) in [6, 6.07) is 5.91. The van der Waals surface area contributed by atoms with Gasteiger partial charge in [0.15, 0.2) is 5.76 Å². The number of hydrogen-bond acceptors (Lipinski definition) is 7. The van der Waals surface area contributed by atoms with Crippen LogP contribution in [0, 0.1) is 33.6 Å². The molecule has 1 aromatic heterocycles. The molecule has 1 fully saturated rings. The van der Waals surface area contributed by atoms with E-state index in [9.17, 15) is 13.2 Å². The van der Waals surface area contributed by atoms with Gasteiger partial charge >= 0.3 is 5.97 Å². The zero-order valence-corrected chi connectivity index (χ0v) is 18.6. The van der Waals surface area contributed by atoms with Gasteiger partial charge in [-0.2, -0.15) is 4.31 Å². The van der Waals surface area contributed by atoms with Gasteiger partial charge in [0.25, 0.3) is 0 Å². The van der Waals surface area contributed by atoms with Crippen molar-refractivity contribution in [3.63, 3.8) is 0 Å². The zero-order chi connectivity index (χ0) is 21.9. The van der Waals surface area contributed by atoms with E-state index < -0.39 is 10.0 Å². The predicted octanol–water partition coefficient (Wildman–Crippen LogP) is 2.93. The fraction of sp³-hybridized carbons (Fsp3) is 0.524. The Morgan fingerprint density at radius 1 is 1.13 bits per heavy atom. The number of aromatic nitrogens is 1. The number of sulfonamides is 1. The van der Waals surface area contributed by atoms with Crippen molar-refractivity contribution in [3.8, 4) is 5.75 Å². The Morgan fingerprint density at radius 2 is 1.77 bits per heavy atom.